The average molecular weight is 598 g/mol. The molecule has 0 saturated heterocycles. The van der Waals surface area contributed by atoms with Gasteiger partial charge in [-0.2, -0.15) is 4.98 Å². The van der Waals surface area contributed by atoms with Crippen LogP contribution in [0, 0.1) is 6.92 Å². The van der Waals surface area contributed by atoms with Crippen molar-refractivity contribution in [1.82, 2.24) is 19.9 Å². The second-order valence-corrected chi connectivity index (χ2v) is 12.0. The molecule has 2 N–H and O–H groups in total. The van der Waals surface area contributed by atoms with Gasteiger partial charge in [0, 0.05) is 26.1 Å². The van der Waals surface area contributed by atoms with Gasteiger partial charge in [0.1, 0.15) is 12.6 Å². The molecule has 232 valence electrons. The van der Waals surface area contributed by atoms with Crippen LogP contribution in [0.15, 0.2) is 89.5 Å². The van der Waals surface area contributed by atoms with Crippen LogP contribution in [0.25, 0.3) is 10.8 Å². The van der Waals surface area contributed by atoms with Gasteiger partial charge in [0.15, 0.2) is 5.82 Å². The van der Waals surface area contributed by atoms with E-state index in [4.69, 9.17) is 15.0 Å². The molecule has 4 aromatic rings. The highest BCUT2D eigenvalue weighted by Crippen LogP contribution is 2.20. The molecule has 0 aliphatic carbocycles. The number of nitrogens with two attached hydrogens (primary N) is 1. The van der Waals surface area contributed by atoms with E-state index in [1.165, 1.54) is 11.0 Å². The second-order valence-electron chi connectivity index (χ2n) is 12.0. The van der Waals surface area contributed by atoms with Crippen molar-refractivity contribution >= 4 is 22.6 Å². The standard InChI is InChI=1S/C35H43N5O4/c1-25-37-32(44-38-25)24-43-23-30(21-26-12-7-6-8-13-26)39(4)34(42)31(40(5)33(41)16-11-19-35(2,3)36)22-27-17-18-28-14-9-10-15-29(28)20-27/h6-18,20,30-31H,19,21-24,36H2,1-5H3/b16-11+/t30-,31-/m1/s1. The van der Waals surface area contributed by atoms with Crippen molar-refractivity contribution in [2.45, 2.75) is 64.3 Å². The number of hydrogen-bond donors (Lipinski definition) is 1. The fourth-order valence-electron chi connectivity index (χ4n) is 5.00. The molecule has 44 heavy (non-hydrogen) atoms. The van der Waals surface area contributed by atoms with Gasteiger partial charge in [0.2, 0.25) is 11.8 Å². The number of aryl methyl sites for hydroxylation is 1. The van der Waals surface area contributed by atoms with Crippen LogP contribution in [0.5, 0.6) is 0 Å². The molecule has 0 saturated carbocycles. The van der Waals surface area contributed by atoms with E-state index >= 15 is 0 Å². The van der Waals surface area contributed by atoms with Crippen molar-refractivity contribution < 1.29 is 18.8 Å². The summed E-state index contributed by atoms with van der Waals surface area (Å²) in [6.45, 7) is 5.93. The van der Waals surface area contributed by atoms with E-state index in [0.717, 1.165) is 21.9 Å². The van der Waals surface area contributed by atoms with Crippen molar-refractivity contribution in [2.75, 3.05) is 20.7 Å². The number of fused-ring (bicyclic) bond motifs is 1. The van der Waals surface area contributed by atoms with Crippen LogP contribution in [-0.2, 0) is 33.8 Å². The number of amides is 2. The molecule has 0 unspecified atom stereocenters. The van der Waals surface area contributed by atoms with Gasteiger partial charge >= 0.3 is 0 Å². The molecule has 4 rings (SSSR count). The first-order valence-electron chi connectivity index (χ1n) is 14.9. The van der Waals surface area contributed by atoms with Crippen molar-refractivity contribution in [3.05, 3.63) is 108 Å². The average Bonchev–Trinajstić information content (AvgIpc) is 3.42. The Kier molecular flexibility index (Phi) is 11.0. The number of nitrogens with zero attached hydrogens (tertiary/aromatic N) is 4. The lowest BCUT2D eigenvalue weighted by molar-refractivity contribution is -0.144. The van der Waals surface area contributed by atoms with Crippen LogP contribution in [0.3, 0.4) is 0 Å². The maximum Gasteiger partial charge on any atom is 0.252 e. The smallest absolute Gasteiger partial charge is 0.252 e. The van der Waals surface area contributed by atoms with Gasteiger partial charge in [0.05, 0.1) is 12.6 Å². The minimum atomic E-state index is -0.749. The third kappa shape index (κ3) is 9.33. The predicted molar refractivity (Wildman–Crippen MR) is 172 cm³/mol. The van der Waals surface area contributed by atoms with Crippen LogP contribution in [0.1, 0.15) is 43.1 Å². The second kappa shape index (κ2) is 14.9. The Morgan fingerprint density at radius 3 is 2.34 bits per heavy atom. The van der Waals surface area contributed by atoms with Crippen LogP contribution < -0.4 is 5.73 Å². The Labute approximate surface area is 259 Å². The molecule has 2 amide bonds. The summed E-state index contributed by atoms with van der Waals surface area (Å²) in [5, 5.41) is 6.01. The summed E-state index contributed by atoms with van der Waals surface area (Å²) >= 11 is 0. The zero-order valence-corrected chi connectivity index (χ0v) is 26.3. The molecule has 0 spiro atoms. The van der Waals surface area contributed by atoms with Crippen LogP contribution in [0.4, 0.5) is 0 Å². The van der Waals surface area contributed by atoms with Gasteiger partial charge in [-0.05, 0) is 61.6 Å². The van der Waals surface area contributed by atoms with Crippen molar-refractivity contribution in [1.29, 1.82) is 0 Å². The third-order valence-electron chi connectivity index (χ3n) is 7.56. The highest BCUT2D eigenvalue weighted by atomic mass is 16.5. The summed E-state index contributed by atoms with van der Waals surface area (Å²) in [5.41, 5.74) is 7.69. The molecular formula is C35H43N5O4. The SMILES string of the molecule is Cc1noc(COC[C@@H](Cc2ccccc2)N(C)C(=O)[C@@H](Cc2ccc3ccccc3c2)N(C)C(=O)/C=C/CC(C)(C)N)n1. The minimum Gasteiger partial charge on any atom is -0.369 e. The van der Waals surface area contributed by atoms with Crippen molar-refractivity contribution in [3.8, 4) is 0 Å². The van der Waals surface area contributed by atoms with Crippen LogP contribution >= 0.6 is 0 Å². The summed E-state index contributed by atoms with van der Waals surface area (Å²) in [7, 11) is 3.45. The largest absolute Gasteiger partial charge is 0.369 e. The molecule has 0 aliphatic rings. The Balaban J connectivity index is 1.59. The van der Waals surface area contributed by atoms with E-state index in [2.05, 4.69) is 22.3 Å². The van der Waals surface area contributed by atoms with Crippen LogP contribution in [0.2, 0.25) is 0 Å². The molecule has 9 heteroatoms. The summed E-state index contributed by atoms with van der Waals surface area (Å²) in [4.78, 5) is 35.2. The van der Waals surface area contributed by atoms with Gasteiger partial charge in [0.25, 0.3) is 5.89 Å². The van der Waals surface area contributed by atoms with Crippen LogP contribution in [-0.4, -0.2) is 70.1 Å². The zero-order chi connectivity index (χ0) is 31.7. The first-order valence-corrected chi connectivity index (χ1v) is 14.9. The number of ether oxygens (including phenoxy) is 1. The van der Waals surface area contributed by atoms with Crippen molar-refractivity contribution in [3.63, 3.8) is 0 Å². The van der Waals surface area contributed by atoms with E-state index in [9.17, 15) is 9.59 Å². The molecular weight excluding hydrogens is 554 g/mol. The highest BCUT2D eigenvalue weighted by molar-refractivity contribution is 5.93. The quantitative estimate of drug-likeness (QED) is 0.206. The van der Waals surface area contributed by atoms with E-state index in [1.807, 2.05) is 74.5 Å². The fraction of sp³-hybridized carbons (Fsp3) is 0.371. The molecule has 0 radical (unpaired) electrons. The van der Waals surface area contributed by atoms with E-state index < -0.39 is 11.6 Å². The van der Waals surface area contributed by atoms with E-state index in [0.29, 0.717) is 31.0 Å². The molecule has 1 aromatic heterocycles. The number of aromatic nitrogens is 2. The van der Waals surface area contributed by atoms with Gasteiger partial charge in [-0.1, -0.05) is 84.0 Å². The van der Waals surface area contributed by atoms with Gasteiger partial charge in [-0.25, -0.2) is 0 Å². The minimum absolute atomic E-state index is 0.134. The molecule has 0 aliphatic heterocycles. The lowest BCUT2D eigenvalue weighted by Gasteiger charge is -2.35. The number of carbonyl (C=O) groups excluding carboxylic acids is 2. The fourth-order valence-corrected chi connectivity index (χ4v) is 5.00. The molecule has 1 heterocycles. The molecule has 2 atom stereocenters. The topological polar surface area (TPSA) is 115 Å². The number of likely N-dealkylation sites (N-methyl/N-ethyl adjacent to an activating group) is 2. The Hall–Kier alpha value is -4.34. The maximum atomic E-state index is 14.3. The zero-order valence-electron chi connectivity index (χ0n) is 26.3. The van der Waals surface area contributed by atoms with Gasteiger partial charge in [-0.15, -0.1) is 0 Å². The van der Waals surface area contributed by atoms with Crippen molar-refractivity contribution in [2.24, 2.45) is 5.73 Å². The first kappa shape index (κ1) is 32.6. The summed E-state index contributed by atoms with van der Waals surface area (Å²) in [6, 6.07) is 23.1. The van der Waals surface area contributed by atoms with E-state index in [1.54, 1.807) is 32.0 Å². The highest BCUT2D eigenvalue weighted by Gasteiger charge is 2.32. The Morgan fingerprint density at radius 1 is 0.955 bits per heavy atom. The summed E-state index contributed by atoms with van der Waals surface area (Å²) in [6.07, 6.45) is 4.73. The lowest BCUT2D eigenvalue weighted by Crippen LogP contribution is -2.53. The van der Waals surface area contributed by atoms with Gasteiger partial charge < -0.3 is 24.8 Å². The number of rotatable bonds is 14. The Bertz CT molecular complexity index is 1560. The number of carbonyl (C=O) groups is 2. The Morgan fingerprint density at radius 2 is 1.66 bits per heavy atom. The van der Waals surface area contributed by atoms with E-state index in [-0.39, 0.29) is 31.1 Å². The number of hydrogen-bond acceptors (Lipinski definition) is 7. The van der Waals surface area contributed by atoms with Gasteiger partial charge in [-0.3, -0.25) is 9.59 Å². The third-order valence-corrected chi connectivity index (χ3v) is 7.56. The monoisotopic (exact) mass is 597 g/mol. The molecule has 9 nitrogen and oxygen atoms in total. The lowest BCUT2D eigenvalue weighted by atomic mass is 9.98. The molecule has 0 fully saturated rings. The maximum absolute atomic E-state index is 14.3. The summed E-state index contributed by atoms with van der Waals surface area (Å²) < 4.78 is 11.2. The normalized spacial score (nSPS) is 13.2. The molecule has 3 aromatic carbocycles. The number of benzene rings is 3. The summed E-state index contributed by atoms with van der Waals surface area (Å²) in [5.74, 6) is 0.469. The first-order chi connectivity index (χ1) is 21.0. The predicted octanol–water partition coefficient (Wildman–Crippen LogP) is 4.87. The molecule has 0 bridgehead atoms.